The average Bonchev–Trinajstić information content (AvgIpc) is 2.68. The zero-order chi connectivity index (χ0) is 19.4. The summed E-state index contributed by atoms with van der Waals surface area (Å²) in [6.45, 7) is 4.06. The monoisotopic (exact) mass is 373 g/mol. The van der Waals surface area contributed by atoms with Crippen molar-refractivity contribution in [3.8, 4) is 5.75 Å². The highest BCUT2D eigenvalue weighted by Crippen LogP contribution is 2.32. The first-order valence-corrected chi connectivity index (χ1v) is 8.71. The van der Waals surface area contributed by atoms with E-state index in [1.165, 1.54) is 18.2 Å². The van der Waals surface area contributed by atoms with Crippen molar-refractivity contribution in [1.29, 1.82) is 0 Å². The molecule has 2 aromatic rings. The van der Waals surface area contributed by atoms with Crippen LogP contribution in [0.4, 0.5) is 15.8 Å². The first-order chi connectivity index (χ1) is 13.0. The van der Waals surface area contributed by atoms with E-state index in [4.69, 9.17) is 4.74 Å². The van der Waals surface area contributed by atoms with Gasteiger partial charge in [-0.1, -0.05) is 12.1 Å². The third-order valence-electron chi connectivity index (χ3n) is 4.48. The molecule has 3 rings (SSSR count). The Balaban J connectivity index is 1.70. The van der Waals surface area contributed by atoms with Crippen LogP contribution >= 0.6 is 0 Å². The smallest absolute Gasteiger partial charge is 0.311 e. The van der Waals surface area contributed by atoms with Crippen molar-refractivity contribution in [2.24, 2.45) is 0 Å². The van der Waals surface area contributed by atoms with Crippen LogP contribution in [0, 0.1) is 15.9 Å². The van der Waals surface area contributed by atoms with Crippen LogP contribution in [0.2, 0.25) is 0 Å². The topological polar surface area (TPSA) is 75.9 Å². The van der Waals surface area contributed by atoms with Crippen molar-refractivity contribution < 1.29 is 18.8 Å². The largest absolute Gasteiger partial charge is 0.487 e. The molecule has 1 fully saturated rings. The molecule has 0 saturated carbocycles. The van der Waals surface area contributed by atoms with Gasteiger partial charge in [0.25, 0.3) is 5.91 Å². The van der Waals surface area contributed by atoms with Crippen LogP contribution in [0.3, 0.4) is 0 Å². The van der Waals surface area contributed by atoms with E-state index in [1.807, 2.05) is 4.90 Å². The van der Waals surface area contributed by atoms with Crippen LogP contribution < -0.4 is 9.64 Å². The van der Waals surface area contributed by atoms with Crippen molar-refractivity contribution in [3.05, 3.63) is 64.0 Å². The fourth-order valence-electron chi connectivity index (χ4n) is 3.09. The number of rotatable bonds is 5. The predicted molar refractivity (Wildman–Crippen MR) is 98.8 cm³/mol. The lowest BCUT2D eigenvalue weighted by molar-refractivity contribution is -0.385. The fourth-order valence-corrected chi connectivity index (χ4v) is 3.09. The van der Waals surface area contributed by atoms with E-state index < -0.39 is 10.7 Å². The van der Waals surface area contributed by atoms with Crippen LogP contribution in [-0.2, 0) is 0 Å². The standard InChI is InChI=1S/C19H20FN3O4/c1-2-27-18-13-14(7-8-17(18)23(25)26)21-9-11-22(12-10-21)19(24)15-5-3-4-6-16(15)20/h3-8,13H,2,9-12H2,1H3. The second-order valence-corrected chi connectivity index (χ2v) is 6.10. The Hall–Kier alpha value is -3.16. The average molecular weight is 373 g/mol. The molecule has 0 atom stereocenters. The molecule has 7 nitrogen and oxygen atoms in total. The number of anilines is 1. The van der Waals surface area contributed by atoms with Crippen molar-refractivity contribution in [2.45, 2.75) is 6.92 Å². The molecule has 1 aliphatic heterocycles. The van der Waals surface area contributed by atoms with Gasteiger partial charge in [0.15, 0.2) is 5.75 Å². The highest BCUT2D eigenvalue weighted by molar-refractivity contribution is 5.94. The summed E-state index contributed by atoms with van der Waals surface area (Å²) < 4.78 is 19.2. The Morgan fingerprint density at radius 2 is 1.89 bits per heavy atom. The SMILES string of the molecule is CCOc1cc(N2CCN(C(=O)c3ccccc3F)CC2)ccc1[N+](=O)[O-]. The van der Waals surface area contributed by atoms with E-state index in [9.17, 15) is 19.3 Å². The Bertz CT molecular complexity index is 851. The molecule has 1 saturated heterocycles. The lowest BCUT2D eigenvalue weighted by Gasteiger charge is -2.36. The number of nitro groups is 1. The summed E-state index contributed by atoms with van der Waals surface area (Å²) in [6.07, 6.45) is 0. The zero-order valence-electron chi connectivity index (χ0n) is 14.9. The minimum atomic E-state index is -0.526. The zero-order valence-corrected chi connectivity index (χ0v) is 14.9. The van der Waals surface area contributed by atoms with Gasteiger partial charge < -0.3 is 14.5 Å². The van der Waals surface area contributed by atoms with Crippen molar-refractivity contribution in [3.63, 3.8) is 0 Å². The number of carbonyl (C=O) groups excluding carboxylic acids is 1. The molecule has 0 N–H and O–H groups in total. The van der Waals surface area contributed by atoms with Crippen molar-refractivity contribution in [2.75, 3.05) is 37.7 Å². The molecule has 1 aliphatic rings. The highest BCUT2D eigenvalue weighted by atomic mass is 19.1. The number of benzene rings is 2. The molecular weight excluding hydrogens is 353 g/mol. The van der Waals surface area contributed by atoms with Crippen molar-refractivity contribution in [1.82, 2.24) is 4.90 Å². The lowest BCUT2D eigenvalue weighted by atomic mass is 10.1. The molecule has 1 amide bonds. The van der Waals surface area contributed by atoms with Gasteiger partial charge in [-0.05, 0) is 25.1 Å². The Morgan fingerprint density at radius 1 is 1.19 bits per heavy atom. The minimum Gasteiger partial charge on any atom is -0.487 e. The molecule has 0 unspecified atom stereocenters. The number of piperazine rings is 1. The van der Waals surface area contributed by atoms with Crippen LogP contribution in [0.15, 0.2) is 42.5 Å². The number of halogens is 1. The summed E-state index contributed by atoms with van der Waals surface area (Å²) in [7, 11) is 0. The van der Waals surface area contributed by atoms with Gasteiger partial charge >= 0.3 is 5.69 Å². The number of hydrogen-bond donors (Lipinski definition) is 0. The molecule has 0 aromatic heterocycles. The van der Waals surface area contributed by atoms with E-state index in [0.717, 1.165) is 5.69 Å². The molecule has 0 spiro atoms. The molecule has 0 aliphatic carbocycles. The molecule has 142 valence electrons. The number of nitrogens with zero attached hydrogens (tertiary/aromatic N) is 3. The summed E-state index contributed by atoms with van der Waals surface area (Å²) in [5, 5.41) is 11.1. The Morgan fingerprint density at radius 3 is 2.52 bits per heavy atom. The van der Waals surface area contributed by atoms with Gasteiger partial charge in [-0.15, -0.1) is 0 Å². The van der Waals surface area contributed by atoms with E-state index in [-0.39, 0.29) is 22.9 Å². The quantitative estimate of drug-likeness (QED) is 0.595. The molecule has 2 aromatic carbocycles. The summed E-state index contributed by atoms with van der Waals surface area (Å²) in [6, 6.07) is 10.7. The van der Waals surface area contributed by atoms with Gasteiger partial charge in [-0.25, -0.2) is 4.39 Å². The number of nitro benzene ring substituents is 1. The van der Waals surface area contributed by atoms with Crippen LogP contribution in [0.25, 0.3) is 0 Å². The van der Waals surface area contributed by atoms with Crippen LogP contribution in [0.1, 0.15) is 17.3 Å². The first kappa shape index (κ1) is 18.6. The van der Waals surface area contributed by atoms with E-state index in [1.54, 1.807) is 36.1 Å². The summed E-state index contributed by atoms with van der Waals surface area (Å²) in [5.41, 5.74) is 0.788. The number of ether oxygens (including phenoxy) is 1. The predicted octanol–water partition coefficient (Wildman–Crippen LogP) is 3.10. The lowest BCUT2D eigenvalue weighted by Crippen LogP contribution is -2.49. The third kappa shape index (κ3) is 3.99. The Labute approximate surface area is 156 Å². The normalized spacial score (nSPS) is 14.1. The van der Waals surface area contributed by atoms with E-state index in [2.05, 4.69) is 0 Å². The van der Waals surface area contributed by atoms with Crippen LogP contribution in [-0.4, -0.2) is 48.5 Å². The molecule has 0 bridgehead atoms. The number of amides is 1. The maximum atomic E-state index is 13.8. The van der Waals surface area contributed by atoms with Crippen molar-refractivity contribution >= 4 is 17.3 Å². The molecule has 27 heavy (non-hydrogen) atoms. The van der Waals surface area contributed by atoms with Gasteiger partial charge in [0.1, 0.15) is 5.82 Å². The fraction of sp³-hybridized carbons (Fsp3) is 0.316. The van der Waals surface area contributed by atoms with E-state index in [0.29, 0.717) is 32.8 Å². The first-order valence-electron chi connectivity index (χ1n) is 8.71. The minimum absolute atomic E-state index is 0.0694. The molecule has 1 heterocycles. The number of hydrogen-bond acceptors (Lipinski definition) is 5. The third-order valence-corrected chi connectivity index (χ3v) is 4.48. The van der Waals surface area contributed by atoms with E-state index >= 15 is 0 Å². The molecular formula is C19H20FN3O4. The number of carbonyl (C=O) groups is 1. The summed E-state index contributed by atoms with van der Waals surface area (Å²) >= 11 is 0. The molecule has 0 radical (unpaired) electrons. The van der Waals surface area contributed by atoms with Crippen LogP contribution in [0.5, 0.6) is 5.75 Å². The maximum Gasteiger partial charge on any atom is 0.311 e. The summed E-state index contributed by atoms with van der Waals surface area (Å²) in [4.78, 5) is 26.8. The van der Waals surface area contributed by atoms with Gasteiger partial charge in [-0.2, -0.15) is 0 Å². The molecule has 8 heteroatoms. The maximum absolute atomic E-state index is 13.8. The second-order valence-electron chi connectivity index (χ2n) is 6.10. The second kappa shape index (κ2) is 8.03. The highest BCUT2D eigenvalue weighted by Gasteiger charge is 2.25. The Kier molecular flexibility index (Phi) is 5.54. The van der Waals surface area contributed by atoms with Gasteiger partial charge in [-0.3, -0.25) is 14.9 Å². The van der Waals surface area contributed by atoms with Gasteiger partial charge in [0.05, 0.1) is 17.1 Å². The summed E-state index contributed by atoms with van der Waals surface area (Å²) in [5.74, 6) is -0.627. The van der Waals surface area contributed by atoms with Gasteiger partial charge in [0.2, 0.25) is 0 Å². The van der Waals surface area contributed by atoms with Gasteiger partial charge in [0, 0.05) is 44.0 Å².